The van der Waals surface area contributed by atoms with Gasteiger partial charge in [-0.15, -0.1) is 0 Å². The summed E-state index contributed by atoms with van der Waals surface area (Å²) >= 11 is 0. The van der Waals surface area contributed by atoms with Crippen molar-refractivity contribution < 1.29 is 0 Å². The summed E-state index contributed by atoms with van der Waals surface area (Å²) < 4.78 is 0. The lowest BCUT2D eigenvalue weighted by atomic mass is 9.42. The van der Waals surface area contributed by atoms with E-state index in [0.717, 1.165) is 13.1 Å². The van der Waals surface area contributed by atoms with Gasteiger partial charge in [0.15, 0.2) is 0 Å². The van der Waals surface area contributed by atoms with Gasteiger partial charge in [0.25, 0.3) is 0 Å². The van der Waals surface area contributed by atoms with Gasteiger partial charge in [-0.25, -0.2) is 0 Å². The van der Waals surface area contributed by atoms with Crippen LogP contribution in [0.5, 0.6) is 0 Å². The monoisotopic (exact) mass is 412 g/mol. The second-order valence-electron chi connectivity index (χ2n) is 11.8. The normalized spacial score (nSPS) is 33.4. The summed E-state index contributed by atoms with van der Waals surface area (Å²) in [6.45, 7) is 18.3. The molecule has 31 heavy (non-hydrogen) atoms. The molecule has 4 aliphatic carbocycles. The van der Waals surface area contributed by atoms with Crippen LogP contribution in [0.4, 0.5) is 0 Å². The van der Waals surface area contributed by atoms with Gasteiger partial charge in [-0.05, 0) is 34.5 Å². The molecule has 0 N–H and O–H groups in total. The summed E-state index contributed by atoms with van der Waals surface area (Å²) in [5.41, 5.74) is 8.41. The van der Waals surface area contributed by atoms with Crippen molar-refractivity contribution in [3.05, 3.63) is 65.3 Å². The van der Waals surface area contributed by atoms with E-state index < -0.39 is 0 Å². The Bertz CT molecular complexity index is 1070. The van der Waals surface area contributed by atoms with E-state index in [9.17, 15) is 0 Å². The number of nitrogens with zero attached hydrogens (tertiary/aromatic N) is 2. The molecule has 1 saturated carbocycles. The highest BCUT2D eigenvalue weighted by Gasteiger charge is 2.65. The highest BCUT2D eigenvalue weighted by Crippen LogP contribution is 2.66. The van der Waals surface area contributed by atoms with Gasteiger partial charge >= 0.3 is 0 Å². The van der Waals surface area contributed by atoms with Gasteiger partial charge in [0.2, 0.25) is 0 Å². The molecule has 6 rings (SSSR count). The van der Waals surface area contributed by atoms with Gasteiger partial charge in [-0.3, -0.25) is 9.98 Å². The largest absolute Gasteiger partial charge is 0.285 e. The maximum atomic E-state index is 5.18. The van der Waals surface area contributed by atoms with E-state index in [4.69, 9.17) is 9.98 Å². The quantitative estimate of drug-likeness (QED) is 0.453. The van der Waals surface area contributed by atoms with Crippen molar-refractivity contribution in [1.82, 2.24) is 0 Å². The summed E-state index contributed by atoms with van der Waals surface area (Å²) in [4.78, 5) is 10.3. The van der Waals surface area contributed by atoms with Crippen molar-refractivity contribution in [3.63, 3.8) is 0 Å². The van der Waals surface area contributed by atoms with Crippen molar-refractivity contribution in [2.75, 3.05) is 13.1 Å². The van der Waals surface area contributed by atoms with Crippen LogP contribution in [-0.2, 0) is 0 Å². The minimum Gasteiger partial charge on any atom is -0.285 e. The second-order valence-corrected chi connectivity index (χ2v) is 11.8. The Hall–Kier alpha value is -2.22. The predicted octanol–water partition coefficient (Wildman–Crippen LogP) is 6.81. The fraction of sp³-hybridized carbons (Fsp3) is 0.517. The lowest BCUT2D eigenvalue weighted by Gasteiger charge is -2.61. The summed E-state index contributed by atoms with van der Waals surface area (Å²) in [5.74, 6) is 1.21. The van der Waals surface area contributed by atoms with E-state index in [1.54, 1.807) is 5.57 Å². The summed E-state index contributed by atoms with van der Waals surface area (Å²) in [6, 6.07) is 10.9. The minimum absolute atomic E-state index is 0.0508. The fourth-order valence-corrected chi connectivity index (χ4v) is 6.68. The first kappa shape index (κ1) is 20.7. The maximum absolute atomic E-state index is 5.18. The summed E-state index contributed by atoms with van der Waals surface area (Å²) in [6.07, 6.45) is 7.59. The fourth-order valence-electron chi connectivity index (χ4n) is 6.68. The van der Waals surface area contributed by atoms with Gasteiger partial charge in [0.05, 0.1) is 24.5 Å². The number of hydrogen-bond donors (Lipinski definition) is 0. The molecule has 2 bridgehead atoms. The molecule has 2 nitrogen and oxygen atoms in total. The van der Waals surface area contributed by atoms with E-state index >= 15 is 0 Å². The smallest absolute Gasteiger partial charge is 0.0676 e. The van der Waals surface area contributed by atoms with Crippen LogP contribution in [0, 0.1) is 34.0 Å². The van der Waals surface area contributed by atoms with E-state index in [1.807, 2.05) is 0 Å². The molecule has 1 aliphatic heterocycles. The lowest BCUT2D eigenvalue weighted by molar-refractivity contribution is 0.107. The van der Waals surface area contributed by atoms with E-state index in [1.165, 1.54) is 28.1 Å². The van der Waals surface area contributed by atoms with Crippen LogP contribution < -0.4 is 0 Å². The Morgan fingerprint density at radius 1 is 0.968 bits per heavy atom. The van der Waals surface area contributed by atoms with Crippen molar-refractivity contribution in [2.45, 2.75) is 48.5 Å². The van der Waals surface area contributed by atoms with E-state index in [2.05, 4.69) is 97.0 Å². The molecule has 1 fully saturated rings. The van der Waals surface area contributed by atoms with Crippen molar-refractivity contribution >= 4 is 17.0 Å². The molecule has 0 amide bonds. The Kier molecular flexibility index (Phi) is 4.43. The lowest BCUT2D eigenvalue weighted by Crippen LogP contribution is -2.63. The van der Waals surface area contributed by atoms with Gasteiger partial charge < -0.3 is 0 Å². The average molecular weight is 413 g/mol. The molecule has 4 atom stereocenters. The second kappa shape index (κ2) is 6.64. The summed E-state index contributed by atoms with van der Waals surface area (Å²) in [7, 11) is 0. The predicted molar refractivity (Wildman–Crippen MR) is 133 cm³/mol. The third-order valence-corrected chi connectivity index (χ3v) is 8.16. The zero-order valence-corrected chi connectivity index (χ0v) is 20.2. The molecule has 162 valence electrons. The first-order valence-corrected chi connectivity index (χ1v) is 11.8. The van der Waals surface area contributed by atoms with Crippen LogP contribution in [0.25, 0.3) is 5.57 Å². The van der Waals surface area contributed by atoms with Crippen molar-refractivity contribution in [1.29, 1.82) is 0 Å². The van der Waals surface area contributed by atoms with Crippen molar-refractivity contribution in [2.24, 2.45) is 44.0 Å². The van der Waals surface area contributed by atoms with Gasteiger partial charge in [-0.1, -0.05) is 95.7 Å². The van der Waals surface area contributed by atoms with Crippen molar-refractivity contribution in [3.8, 4) is 0 Å². The zero-order valence-electron chi connectivity index (χ0n) is 20.2. The molecular formula is C29H36N2. The molecule has 0 spiro atoms. The highest BCUT2D eigenvalue weighted by molar-refractivity contribution is 6.48. The topological polar surface area (TPSA) is 24.7 Å². The van der Waals surface area contributed by atoms with Crippen LogP contribution in [0.3, 0.4) is 0 Å². The average Bonchev–Trinajstić information content (AvgIpc) is 3.19. The SMILES string of the molecule is C/C(=C1\C=C[C@@H]2[C@H]1[C@@H]1C(C(C)(C)C)=C[C@@]2(C(C)(C)C)C2=NCCN=C21)c1ccccc1. The minimum atomic E-state index is -0.108. The number of hydrogen-bond acceptors (Lipinski definition) is 2. The number of aliphatic imine (C=N–C) groups is 2. The van der Waals surface area contributed by atoms with E-state index in [-0.39, 0.29) is 16.2 Å². The first-order valence-electron chi connectivity index (χ1n) is 11.8. The molecule has 1 aromatic rings. The molecule has 1 heterocycles. The molecule has 1 aromatic carbocycles. The van der Waals surface area contributed by atoms with E-state index in [0.29, 0.717) is 17.8 Å². The number of benzene rings is 1. The molecular weight excluding hydrogens is 376 g/mol. The Labute approximate surface area is 188 Å². The maximum Gasteiger partial charge on any atom is 0.0676 e. The highest BCUT2D eigenvalue weighted by atomic mass is 14.9. The molecule has 0 aromatic heterocycles. The van der Waals surface area contributed by atoms with Crippen LogP contribution in [0.15, 0.2) is 69.7 Å². The molecule has 2 heteroatoms. The van der Waals surface area contributed by atoms with Crippen LogP contribution in [0.1, 0.15) is 54.0 Å². The van der Waals surface area contributed by atoms with Crippen LogP contribution in [0.2, 0.25) is 0 Å². The van der Waals surface area contributed by atoms with Gasteiger partial charge in [-0.2, -0.15) is 0 Å². The Balaban J connectivity index is 1.80. The molecule has 0 saturated heterocycles. The van der Waals surface area contributed by atoms with Crippen LogP contribution in [-0.4, -0.2) is 24.5 Å². The zero-order chi connectivity index (χ0) is 22.2. The Morgan fingerprint density at radius 3 is 2.29 bits per heavy atom. The standard InChI is InChI=1S/C29H36N2/c1-18(19-11-9-8-10-12-19)20-13-14-21-23(20)24-22(27(2,3)4)17-29(21,28(5,6)7)26-25(24)30-15-16-31-26/h8-14,17,21,23-24H,15-16H2,1-7H3/b20-18-/t21-,23+,24+,29+/m1/s1. The molecule has 0 unspecified atom stereocenters. The Morgan fingerprint density at radius 2 is 1.65 bits per heavy atom. The first-order chi connectivity index (χ1) is 14.6. The van der Waals surface area contributed by atoms with Gasteiger partial charge in [0.1, 0.15) is 0 Å². The molecule has 0 radical (unpaired) electrons. The third-order valence-electron chi connectivity index (χ3n) is 8.16. The van der Waals surface area contributed by atoms with Gasteiger partial charge in [0, 0.05) is 23.2 Å². The molecule has 5 aliphatic rings. The number of allylic oxidation sites excluding steroid dienone is 6. The summed E-state index contributed by atoms with van der Waals surface area (Å²) in [5, 5.41) is 0. The third kappa shape index (κ3) is 2.76. The number of rotatable bonds is 1. The van der Waals surface area contributed by atoms with Crippen LogP contribution >= 0.6 is 0 Å².